The summed E-state index contributed by atoms with van der Waals surface area (Å²) < 4.78 is 1.80. The van der Waals surface area contributed by atoms with Gasteiger partial charge in [0.2, 0.25) is 5.16 Å². The molecule has 1 heterocycles. The normalized spacial score (nSPS) is 11.1. The Balaban J connectivity index is 3.01. The molecular weight excluding hydrogens is 218 g/mol. The molecule has 3 nitrogen and oxygen atoms in total. The first-order chi connectivity index (χ1) is 7.49. The Labute approximate surface area is 101 Å². The van der Waals surface area contributed by atoms with E-state index in [1.807, 2.05) is 6.08 Å². The van der Waals surface area contributed by atoms with E-state index in [0.29, 0.717) is 6.54 Å². The lowest BCUT2D eigenvalue weighted by Gasteiger charge is -2.16. The molecule has 1 aromatic heterocycles. The van der Waals surface area contributed by atoms with Gasteiger partial charge in [0, 0.05) is 11.2 Å². The summed E-state index contributed by atoms with van der Waals surface area (Å²) in [4.78, 5) is 4.51. The van der Waals surface area contributed by atoms with Gasteiger partial charge in [-0.15, -0.1) is 18.1 Å². The molecule has 0 radical (unpaired) electrons. The zero-order valence-corrected chi connectivity index (χ0v) is 10.8. The molecule has 0 bridgehead atoms. The molecule has 0 aliphatic carbocycles. The summed E-state index contributed by atoms with van der Waals surface area (Å²) in [6.45, 7) is 10.5. The highest BCUT2D eigenvalue weighted by Gasteiger charge is 2.22. The van der Waals surface area contributed by atoms with Crippen molar-refractivity contribution < 1.29 is 0 Å². The number of hydrogen-bond donors (Lipinski definition) is 0. The fourth-order valence-corrected chi connectivity index (χ4v) is 1.84. The second-order valence-electron chi connectivity index (χ2n) is 4.43. The van der Waals surface area contributed by atoms with Crippen molar-refractivity contribution in [3.63, 3.8) is 0 Å². The summed E-state index contributed by atoms with van der Waals surface area (Å²) in [7, 11) is 0. The Morgan fingerprint density at radius 2 is 2.25 bits per heavy atom. The Morgan fingerprint density at radius 3 is 2.75 bits per heavy atom. The summed E-state index contributed by atoms with van der Waals surface area (Å²) in [5.41, 5.74) is -0.0448. The maximum atomic E-state index is 5.32. The first kappa shape index (κ1) is 12.9. The minimum atomic E-state index is -0.0448. The molecule has 0 aliphatic heterocycles. The van der Waals surface area contributed by atoms with E-state index in [0.717, 1.165) is 16.7 Å². The summed E-state index contributed by atoms with van der Waals surface area (Å²) in [5, 5.41) is 5.15. The van der Waals surface area contributed by atoms with Crippen LogP contribution < -0.4 is 0 Å². The zero-order chi connectivity index (χ0) is 12.2. The smallest absolute Gasteiger partial charge is 0.209 e. The van der Waals surface area contributed by atoms with E-state index < -0.39 is 0 Å². The van der Waals surface area contributed by atoms with E-state index in [9.17, 15) is 0 Å². The van der Waals surface area contributed by atoms with Gasteiger partial charge >= 0.3 is 0 Å². The second kappa shape index (κ2) is 5.22. The second-order valence-corrected chi connectivity index (χ2v) is 5.42. The molecule has 86 valence electrons. The van der Waals surface area contributed by atoms with E-state index in [2.05, 4.69) is 43.4 Å². The molecule has 0 saturated carbocycles. The predicted molar refractivity (Wildman–Crippen MR) is 68.5 cm³/mol. The summed E-state index contributed by atoms with van der Waals surface area (Å²) in [5.74, 6) is 4.33. The van der Waals surface area contributed by atoms with Crippen molar-refractivity contribution in [2.24, 2.45) is 0 Å². The maximum Gasteiger partial charge on any atom is 0.209 e. The third-order valence-electron chi connectivity index (χ3n) is 1.89. The maximum absolute atomic E-state index is 5.32. The van der Waals surface area contributed by atoms with Gasteiger partial charge < -0.3 is 0 Å². The predicted octanol–water partition coefficient (Wildman–Crippen LogP) is 2.49. The van der Waals surface area contributed by atoms with E-state index >= 15 is 0 Å². The monoisotopic (exact) mass is 235 g/mol. The van der Waals surface area contributed by atoms with Crippen LogP contribution in [0.25, 0.3) is 0 Å². The quantitative estimate of drug-likeness (QED) is 0.456. The molecule has 0 amide bonds. The molecule has 0 spiro atoms. The number of thioether (sulfide) groups is 1. The van der Waals surface area contributed by atoms with Gasteiger partial charge in [0.05, 0.1) is 0 Å². The van der Waals surface area contributed by atoms with Crippen LogP contribution in [0, 0.1) is 12.3 Å². The van der Waals surface area contributed by atoms with Crippen molar-refractivity contribution >= 4 is 11.8 Å². The molecule has 16 heavy (non-hydrogen) atoms. The fourth-order valence-electron chi connectivity index (χ4n) is 1.27. The third-order valence-corrected chi connectivity index (χ3v) is 2.73. The van der Waals surface area contributed by atoms with Crippen molar-refractivity contribution in [3.8, 4) is 12.3 Å². The average Bonchev–Trinajstić information content (AvgIpc) is 2.58. The van der Waals surface area contributed by atoms with Crippen LogP contribution in [0.2, 0.25) is 0 Å². The van der Waals surface area contributed by atoms with Crippen molar-refractivity contribution in [1.82, 2.24) is 14.8 Å². The van der Waals surface area contributed by atoms with E-state index in [1.165, 1.54) is 0 Å². The molecule has 1 rings (SSSR count). The van der Waals surface area contributed by atoms with Crippen LogP contribution in [-0.4, -0.2) is 20.5 Å². The Morgan fingerprint density at radius 1 is 1.56 bits per heavy atom. The Bertz CT molecular complexity index is 407. The minimum Gasteiger partial charge on any atom is -0.236 e. The van der Waals surface area contributed by atoms with Crippen molar-refractivity contribution in [1.29, 1.82) is 0 Å². The van der Waals surface area contributed by atoms with Crippen molar-refractivity contribution in [2.45, 2.75) is 37.9 Å². The molecule has 0 unspecified atom stereocenters. The van der Waals surface area contributed by atoms with Gasteiger partial charge in [0.1, 0.15) is 12.4 Å². The van der Waals surface area contributed by atoms with Crippen LogP contribution >= 0.6 is 11.8 Å². The molecule has 0 fully saturated rings. The highest BCUT2D eigenvalue weighted by atomic mass is 32.2. The molecular formula is C12H17N3S. The van der Waals surface area contributed by atoms with E-state index in [4.69, 9.17) is 6.42 Å². The third kappa shape index (κ3) is 3.14. The average molecular weight is 235 g/mol. The summed E-state index contributed by atoms with van der Waals surface area (Å²) in [6.07, 6.45) is 7.16. The molecule has 0 atom stereocenters. The van der Waals surface area contributed by atoms with Gasteiger partial charge in [-0.05, 0) is 0 Å². The van der Waals surface area contributed by atoms with Crippen LogP contribution in [0.15, 0.2) is 17.8 Å². The number of aromatic nitrogens is 3. The SMILES string of the molecule is C#CCn1nc(SCC=C)nc1C(C)(C)C. The Hall–Kier alpha value is -1.21. The standard InChI is InChI=1S/C12H17N3S/c1-6-8-15-10(12(3,4)5)13-11(14-15)16-9-7-2/h1,7H,2,8-9H2,3-5H3. The van der Waals surface area contributed by atoms with Gasteiger partial charge in [-0.1, -0.05) is 44.5 Å². The summed E-state index contributed by atoms with van der Waals surface area (Å²) >= 11 is 1.57. The molecule has 0 aliphatic rings. The molecule has 0 saturated heterocycles. The van der Waals surface area contributed by atoms with E-state index in [1.54, 1.807) is 16.4 Å². The molecule has 0 N–H and O–H groups in total. The lowest BCUT2D eigenvalue weighted by atomic mass is 9.96. The number of terminal acetylenes is 1. The van der Waals surface area contributed by atoms with Gasteiger partial charge in [0.25, 0.3) is 0 Å². The first-order valence-electron chi connectivity index (χ1n) is 5.11. The number of rotatable bonds is 4. The molecule has 1 aromatic rings. The lowest BCUT2D eigenvalue weighted by molar-refractivity contribution is 0.496. The highest BCUT2D eigenvalue weighted by Crippen LogP contribution is 2.23. The fraction of sp³-hybridized carbons (Fsp3) is 0.500. The lowest BCUT2D eigenvalue weighted by Crippen LogP contribution is -2.19. The van der Waals surface area contributed by atoms with Gasteiger partial charge in [-0.3, -0.25) is 0 Å². The molecule has 4 heteroatoms. The summed E-state index contributed by atoms with van der Waals surface area (Å²) in [6, 6.07) is 0. The van der Waals surface area contributed by atoms with Crippen LogP contribution in [0.3, 0.4) is 0 Å². The van der Waals surface area contributed by atoms with Gasteiger partial charge in [-0.2, -0.15) is 0 Å². The van der Waals surface area contributed by atoms with E-state index in [-0.39, 0.29) is 5.41 Å². The van der Waals surface area contributed by atoms with Gasteiger partial charge in [-0.25, -0.2) is 9.67 Å². The minimum absolute atomic E-state index is 0.0448. The van der Waals surface area contributed by atoms with Crippen LogP contribution in [-0.2, 0) is 12.0 Å². The van der Waals surface area contributed by atoms with Gasteiger partial charge in [0.15, 0.2) is 0 Å². The van der Waals surface area contributed by atoms with Crippen LogP contribution in [0.5, 0.6) is 0 Å². The number of hydrogen-bond acceptors (Lipinski definition) is 3. The topological polar surface area (TPSA) is 30.7 Å². The highest BCUT2D eigenvalue weighted by molar-refractivity contribution is 7.99. The molecule has 0 aromatic carbocycles. The first-order valence-corrected chi connectivity index (χ1v) is 6.10. The zero-order valence-electron chi connectivity index (χ0n) is 10.0. The Kier molecular flexibility index (Phi) is 4.19. The van der Waals surface area contributed by atoms with Crippen LogP contribution in [0.4, 0.5) is 0 Å². The van der Waals surface area contributed by atoms with Crippen molar-refractivity contribution in [2.75, 3.05) is 5.75 Å². The van der Waals surface area contributed by atoms with Crippen molar-refractivity contribution in [3.05, 3.63) is 18.5 Å². The largest absolute Gasteiger partial charge is 0.236 e. The van der Waals surface area contributed by atoms with Crippen LogP contribution in [0.1, 0.15) is 26.6 Å². The number of nitrogens with zero attached hydrogens (tertiary/aromatic N) is 3.